The Bertz CT molecular complexity index is 1030. The predicted molar refractivity (Wildman–Crippen MR) is 119 cm³/mol. The van der Waals surface area contributed by atoms with Crippen molar-refractivity contribution in [3.63, 3.8) is 0 Å². The smallest absolute Gasteiger partial charge is 0.254 e. The molecule has 0 spiro atoms. The van der Waals surface area contributed by atoms with E-state index in [9.17, 15) is 9.59 Å². The average Bonchev–Trinajstić information content (AvgIpc) is 3.29. The van der Waals surface area contributed by atoms with Crippen molar-refractivity contribution in [2.24, 2.45) is 0 Å². The lowest BCUT2D eigenvalue weighted by Crippen LogP contribution is -2.45. The summed E-state index contributed by atoms with van der Waals surface area (Å²) >= 11 is 5.91. The number of rotatable bonds is 5. The summed E-state index contributed by atoms with van der Waals surface area (Å²) < 4.78 is 0. The molecule has 30 heavy (non-hydrogen) atoms. The largest absolute Gasteiger partial charge is 0.350 e. The van der Waals surface area contributed by atoms with E-state index in [1.54, 1.807) is 17.0 Å². The molecule has 1 aliphatic heterocycles. The Kier molecular flexibility index (Phi) is 6.15. The molecule has 0 aromatic heterocycles. The molecule has 1 aliphatic rings. The van der Waals surface area contributed by atoms with Gasteiger partial charge >= 0.3 is 0 Å². The van der Waals surface area contributed by atoms with Gasteiger partial charge in [0.25, 0.3) is 5.91 Å². The van der Waals surface area contributed by atoms with E-state index in [4.69, 9.17) is 11.6 Å². The second-order valence-corrected chi connectivity index (χ2v) is 7.88. The van der Waals surface area contributed by atoms with Crippen molar-refractivity contribution in [1.82, 2.24) is 10.2 Å². The third-order valence-corrected chi connectivity index (χ3v) is 5.66. The lowest BCUT2D eigenvalue weighted by molar-refractivity contribution is -0.125. The van der Waals surface area contributed by atoms with Gasteiger partial charge in [-0.15, -0.1) is 0 Å². The molecule has 5 heteroatoms. The van der Waals surface area contributed by atoms with E-state index in [0.717, 1.165) is 23.1 Å². The molecule has 2 amide bonds. The van der Waals surface area contributed by atoms with Crippen LogP contribution >= 0.6 is 11.6 Å². The van der Waals surface area contributed by atoms with Crippen LogP contribution in [0.25, 0.3) is 11.1 Å². The summed E-state index contributed by atoms with van der Waals surface area (Å²) in [6, 6.07) is 24.5. The highest BCUT2D eigenvalue weighted by Crippen LogP contribution is 2.24. The molecule has 1 atom stereocenters. The van der Waals surface area contributed by atoms with Gasteiger partial charge in [-0.3, -0.25) is 9.59 Å². The van der Waals surface area contributed by atoms with Gasteiger partial charge in [0.15, 0.2) is 0 Å². The SMILES string of the molecule is O=C(NCc1ccc(Cl)cc1)[C@@H]1CCCN1C(=O)c1cccc(-c2ccccc2)c1. The molecule has 0 radical (unpaired) electrons. The van der Waals surface area contributed by atoms with Crippen molar-refractivity contribution in [1.29, 1.82) is 0 Å². The van der Waals surface area contributed by atoms with Crippen LogP contribution in [0.15, 0.2) is 78.9 Å². The predicted octanol–water partition coefficient (Wildman–Crippen LogP) is 4.93. The van der Waals surface area contributed by atoms with Crippen molar-refractivity contribution in [2.75, 3.05) is 6.54 Å². The number of nitrogens with one attached hydrogen (secondary N) is 1. The van der Waals surface area contributed by atoms with E-state index in [0.29, 0.717) is 30.1 Å². The molecule has 1 N–H and O–H groups in total. The topological polar surface area (TPSA) is 49.4 Å². The number of likely N-dealkylation sites (tertiary alicyclic amines) is 1. The number of halogens is 1. The standard InChI is InChI=1S/C25H23ClN2O2/c26-22-13-11-18(12-14-22)17-27-24(29)23-10-5-15-28(23)25(30)21-9-4-8-20(16-21)19-6-2-1-3-7-19/h1-4,6-9,11-14,16,23H,5,10,15,17H2,(H,27,29)/t23-/m0/s1. The van der Waals surface area contributed by atoms with Gasteiger partial charge in [0.1, 0.15) is 6.04 Å². The number of amides is 2. The van der Waals surface area contributed by atoms with Crippen LogP contribution in [-0.2, 0) is 11.3 Å². The molecule has 4 nitrogen and oxygen atoms in total. The van der Waals surface area contributed by atoms with Crippen LogP contribution in [0.4, 0.5) is 0 Å². The summed E-state index contributed by atoms with van der Waals surface area (Å²) in [4.78, 5) is 27.7. The highest BCUT2D eigenvalue weighted by Gasteiger charge is 2.34. The summed E-state index contributed by atoms with van der Waals surface area (Å²) in [6.07, 6.45) is 1.50. The Morgan fingerprint density at radius 3 is 2.43 bits per heavy atom. The number of carbonyl (C=O) groups excluding carboxylic acids is 2. The normalized spacial score (nSPS) is 15.8. The van der Waals surface area contributed by atoms with Gasteiger partial charge in [-0.1, -0.05) is 66.2 Å². The van der Waals surface area contributed by atoms with Crippen LogP contribution in [0.1, 0.15) is 28.8 Å². The zero-order chi connectivity index (χ0) is 20.9. The maximum Gasteiger partial charge on any atom is 0.254 e. The Morgan fingerprint density at radius 2 is 1.67 bits per heavy atom. The minimum atomic E-state index is -0.440. The molecule has 0 unspecified atom stereocenters. The summed E-state index contributed by atoms with van der Waals surface area (Å²) in [5.41, 5.74) is 3.63. The Hall–Kier alpha value is -3.11. The number of hydrogen-bond donors (Lipinski definition) is 1. The van der Waals surface area contributed by atoms with Gasteiger partial charge in [-0.25, -0.2) is 0 Å². The van der Waals surface area contributed by atoms with E-state index in [2.05, 4.69) is 5.32 Å². The van der Waals surface area contributed by atoms with Gasteiger partial charge < -0.3 is 10.2 Å². The lowest BCUT2D eigenvalue weighted by atomic mass is 10.0. The van der Waals surface area contributed by atoms with Crippen LogP contribution in [0.3, 0.4) is 0 Å². The van der Waals surface area contributed by atoms with Crippen LogP contribution in [0.2, 0.25) is 5.02 Å². The van der Waals surface area contributed by atoms with Gasteiger partial charge in [0.05, 0.1) is 0 Å². The minimum Gasteiger partial charge on any atom is -0.350 e. The summed E-state index contributed by atoms with van der Waals surface area (Å²) in [5, 5.41) is 3.62. The highest BCUT2D eigenvalue weighted by molar-refractivity contribution is 6.30. The Morgan fingerprint density at radius 1 is 0.933 bits per heavy atom. The van der Waals surface area contributed by atoms with E-state index < -0.39 is 6.04 Å². The number of nitrogens with zero attached hydrogens (tertiary/aromatic N) is 1. The molecule has 1 heterocycles. The monoisotopic (exact) mass is 418 g/mol. The van der Waals surface area contributed by atoms with Gasteiger partial charge in [0, 0.05) is 23.7 Å². The van der Waals surface area contributed by atoms with Crippen molar-refractivity contribution >= 4 is 23.4 Å². The van der Waals surface area contributed by atoms with E-state index in [1.807, 2.05) is 66.7 Å². The maximum atomic E-state index is 13.2. The molecule has 0 bridgehead atoms. The molecule has 4 rings (SSSR count). The first-order valence-corrected chi connectivity index (χ1v) is 10.5. The van der Waals surface area contributed by atoms with Crippen molar-refractivity contribution in [3.05, 3.63) is 95.0 Å². The van der Waals surface area contributed by atoms with Crippen LogP contribution < -0.4 is 5.32 Å². The Labute approximate surface area is 181 Å². The zero-order valence-corrected chi connectivity index (χ0v) is 17.3. The van der Waals surface area contributed by atoms with Gasteiger partial charge in [-0.05, 0) is 53.8 Å². The molecular formula is C25H23ClN2O2. The average molecular weight is 419 g/mol. The van der Waals surface area contributed by atoms with Crippen molar-refractivity contribution in [3.8, 4) is 11.1 Å². The molecule has 3 aromatic rings. The molecule has 152 valence electrons. The molecule has 0 aliphatic carbocycles. The fourth-order valence-corrected chi connectivity index (χ4v) is 3.95. The molecule has 0 saturated carbocycles. The highest BCUT2D eigenvalue weighted by atomic mass is 35.5. The van der Waals surface area contributed by atoms with Crippen LogP contribution in [-0.4, -0.2) is 29.3 Å². The summed E-state index contributed by atoms with van der Waals surface area (Å²) in [7, 11) is 0. The zero-order valence-electron chi connectivity index (χ0n) is 16.6. The van der Waals surface area contributed by atoms with Crippen molar-refractivity contribution < 1.29 is 9.59 Å². The quantitative estimate of drug-likeness (QED) is 0.638. The number of hydrogen-bond acceptors (Lipinski definition) is 2. The first kappa shape index (κ1) is 20.2. The fraction of sp³-hybridized carbons (Fsp3) is 0.200. The molecular weight excluding hydrogens is 396 g/mol. The molecule has 1 fully saturated rings. The summed E-state index contributed by atoms with van der Waals surface area (Å²) in [5.74, 6) is -0.216. The Balaban J connectivity index is 1.45. The maximum absolute atomic E-state index is 13.2. The van der Waals surface area contributed by atoms with Gasteiger partial charge in [0.2, 0.25) is 5.91 Å². The second-order valence-electron chi connectivity index (χ2n) is 7.45. The third-order valence-electron chi connectivity index (χ3n) is 5.41. The fourth-order valence-electron chi connectivity index (χ4n) is 3.82. The second kappa shape index (κ2) is 9.14. The van der Waals surface area contributed by atoms with E-state index in [-0.39, 0.29) is 11.8 Å². The van der Waals surface area contributed by atoms with Crippen LogP contribution in [0, 0.1) is 0 Å². The minimum absolute atomic E-state index is 0.100. The summed E-state index contributed by atoms with van der Waals surface area (Å²) in [6.45, 7) is 1.01. The molecule has 1 saturated heterocycles. The number of carbonyl (C=O) groups is 2. The van der Waals surface area contributed by atoms with E-state index >= 15 is 0 Å². The first-order chi connectivity index (χ1) is 14.6. The molecule has 3 aromatic carbocycles. The van der Waals surface area contributed by atoms with E-state index in [1.165, 1.54) is 0 Å². The van der Waals surface area contributed by atoms with Crippen molar-refractivity contribution in [2.45, 2.75) is 25.4 Å². The number of benzene rings is 3. The van der Waals surface area contributed by atoms with Crippen LogP contribution in [0.5, 0.6) is 0 Å². The third kappa shape index (κ3) is 4.55. The lowest BCUT2D eigenvalue weighted by Gasteiger charge is -2.24. The first-order valence-electron chi connectivity index (χ1n) is 10.1. The van der Waals surface area contributed by atoms with Gasteiger partial charge in [-0.2, -0.15) is 0 Å².